The fraction of sp³-hybridized carbons (Fsp3) is 0.100. The lowest BCUT2D eigenvalue weighted by Crippen LogP contribution is -1.94. The molecule has 0 radical (unpaired) electrons. The molecule has 1 heterocycles. The second-order valence-electron chi connectivity index (χ2n) is 3.01. The molecule has 0 aliphatic heterocycles. The van der Waals surface area contributed by atoms with Gasteiger partial charge >= 0.3 is 0 Å². The molecule has 1 aromatic carbocycles. The third-order valence-corrected chi connectivity index (χ3v) is 3.39. The first-order chi connectivity index (χ1) is 6.66. The third kappa shape index (κ3) is 1.20. The highest BCUT2D eigenvalue weighted by Crippen LogP contribution is 2.33. The van der Waals surface area contributed by atoms with Crippen molar-refractivity contribution in [1.82, 2.24) is 4.57 Å². The maximum atomic E-state index is 10.8. The van der Waals surface area contributed by atoms with Crippen molar-refractivity contribution in [2.24, 2.45) is 7.05 Å². The molecular formula is C10H7BrClNO. The smallest absolute Gasteiger partial charge is 0.167 e. The average molecular weight is 273 g/mol. The molecule has 0 aliphatic carbocycles. The summed E-state index contributed by atoms with van der Waals surface area (Å²) < 4.78 is 2.59. The maximum Gasteiger partial charge on any atom is 0.167 e. The first kappa shape index (κ1) is 9.74. The Bertz CT molecular complexity index is 518. The van der Waals surface area contributed by atoms with Crippen molar-refractivity contribution in [3.05, 3.63) is 33.4 Å². The van der Waals surface area contributed by atoms with Crippen molar-refractivity contribution < 1.29 is 4.79 Å². The minimum absolute atomic E-state index is 0.605. The Balaban J connectivity index is 3.01. The number of halogens is 2. The van der Waals surface area contributed by atoms with Crippen LogP contribution in [0.25, 0.3) is 10.9 Å². The SMILES string of the molecule is Cn1c(C=O)c(Br)c2cccc(Cl)c21. The molecule has 0 atom stereocenters. The van der Waals surface area contributed by atoms with Gasteiger partial charge in [-0.2, -0.15) is 0 Å². The molecule has 0 fully saturated rings. The summed E-state index contributed by atoms with van der Waals surface area (Å²) in [6.07, 6.45) is 0.820. The van der Waals surface area contributed by atoms with E-state index in [9.17, 15) is 4.79 Å². The highest BCUT2D eigenvalue weighted by atomic mass is 79.9. The Labute approximate surface area is 94.6 Å². The van der Waals surface area contributed by atoms with Crippen LogP contribution in [0.1, 0.15) is 10.5 Å². The quantitative estimate of drug-likeness (QED) is 0.729. The normalized spacial score (nSPS) is 10.8. The molecule has 4 heteroatoms. The number of carbonyl (C=O) groups is 1. The molecule has 14 heavy (non-hydrogen) atoms. The van der Waals surface area contributed by atoms with Crippen molar-refractivity contribution in [2.75, 3.05) is 0 Å². The number of carbonyl (C=O) groups excluding carboxylic acids is 1. The Kier molecular flexibility index (Phi) is 2.37. The Morgan fingerprint density at radius 2 is 2.21 bits per heavy atom. The van der Waals surface area contributed by atoms with Crippen molar-refractivity contribution in [2.45, 2.75) is 0 Å². The Morgan fingerprint density at radius 3 is 2.79 bits per heavy atom. The van der Waals surface area contributed by atoms with Crippen LogP contribution in [0.4, 0.5) is 0 Å². The minimum Gasteiger partial charge on any atom is -0.339 e. The molecule has 0 unspecified atom stereocenters. The van der Waals surface area contributed by atoms with Gasteiger partial charge in [0.15, 0.2) is 6.29 Å². The van der Waals surface area contributed by atoms with E-state index in [1.54, 1.807) is 4.57 Å². The zero-order valence-corrected chi connectivity index (χ0v) is 9.76. The molecular weight excluding hydrogens is 265 g/mol. The molecule has 2 rings (SSSR count). The number of para-hydroxylation sites is 1. The van der Waals surface area contributed by atoms with Gasteiger partial charge in [-0.3, -0.25) is 4.79 Å². The standard InChI is InChI=1S/C10H7BrClNO/c1-13-8(5-14)9(11)6-3-2-4-7(12)10(6)13/h2-5H,1H3. The van der Waals surface area contributed by atoms with Crippen LogP contribution in [0.5, 0.6) is 0 Å². The van der Waals surface area contributed by atoms with Gasteiger partial charge < -0.3 is 4.57 Å². The first-order valence-corrected chi connectivity index (χ1v) is 5.21. The van der Waals surface area contributed by atoms with Gasteiger partial charge in [0, 0.05) is 12.4 Å². The van der Waals surface area contributed by atoms with Gasteiger partial charge in [0.1, 0.15) is 0 Å². The molecule has 2 nitrogen and oxygen atoms in total. The molecule has 1 aromatic heterocycles. The molecule has 0 spiro atoms. The number of rotatable bonds is 1. The summed E-state index contributed by atoms with van der Waals surface area (Å²) in [5.41, 5.74) is 1.48. The molecule has 0 saturated carbocycles. The molecule has 0 bridgehead atoms. The largest absolute Gasteiger partial charge is 0.339 e. The van der Waals surface area contributed by atoms with Crippen LogP contribution >= 0.6 is 27.5 Å². The number of aromatic nitrogens is 1. The third-order valence-electron chi connectivity index (χ3n) is 2.26. The fourth-order valence-electron chi connectivity index (χ4n) is 1.57. The van der Waals surface area contributed by atoms with Gasteiger partial charge in [-0.25, -0.2) is 0 Å². The van der Waals surface area contributed by atoms with Crippen LogP contribution in [0, 0.1) is 0 Å². The maximum absolute atomic E-state index is 10.8. The molecule has 0 aliphatic rings. The summed E-state index contributed by atoms with van der Waals surface area (Å²) in [5, 5.41) is 1.61. The summed E-state index contributed by atoms with van der Waals surface area (Å²) in [6, 6.07) is 5.60. The van der Waals surface area contributed by atoms with E-state index in [4.69, 9.17) is 11.6 Å². The van der Waals surface area contributed by atoms with Crippen LogP contribution < -0.4 is 0 Å². The van der Waals surface area contributed by atoms with Crippen molar-refractivity contribution in [1.29, 1.82) is 0 Å². The van der Waals surface area contributed by atoms with E-state index in [2.05, 4.69) is 15.9 Å². The van der Waals surface area contributed by atoms with E-state index < -0.39 is 0 Å². The number of hydrogen-bond acceptors (Lipinski definition) is 1. The number of hydrogen-bond donors (Lipinski definition) is 0. The summed E-state index contributed by atoms with van der Waals surface area (Å²) in [5.74, 6) is 0. The number of aryl methyl sites for hydroxylation is 1. The van der Waals surface area contributed by atoms with E-state index in [1.807, 2.05) is 25.2 Å². The molecule has 0 amide bonds. The zero-order valence-electron chi connectivity index (χ0n) is 7.42. The predicted molar refractivity (Wildman–Crippen MR) is 61.0 cm³/mol. The van der Waals surface area contributed by atoms with Gasteiger partial charge in [0.25, 0.3) is 0 Å². The highest BCUT2D eigenvalue weighted by molar-refractivity contribution is 9.10. The summed E-state index contributed by atoms with van der Waals surface area (Å²) in [7, 11) is 1.82. The molecule has 0 N–H and O–H groups in total. The van der Waals surface area contributed by atoms with E-state index in [1.165, 1.54) is 0 Å². The monoisotopic (exact) mass is 271 g/mol. The van der Waals surface area contributed by atoms with E-state index in [-0.39, 0.29) is 0 Å². The molecule has 2 aromatic rings. The minimum atomic E-state index is 0.605. The average Bonchev–Trinajstić information content (AvgIpc) is 2.41. The fourth-order valence-corrected chi connectivity index (χ4v) is 2.55. The Morgan fingerprint density at radius 1 is 1.50 bits per heavy atom. The van der Waals surface area contributed by atoms with Gasteiger partial charge in [-0.15, -0.1) is 0 Å². The van der Waals surface area contributed by atoms with Crippen LogP contribution in [0.15, 0.2) is 22.7 Å². The van der Waals surface area contributed by atoms with Crippen molar-refractivity contribution in [3.8, 4) is 0 Å². The second kappa shape index (κ2) is 3.41. The first-order valence-electron chi connectivity index (χ1n) is 4.04. The van der Waals surface area contributed by atoms with Crippen LogP contribution in [-0.2, 0) is 7.05 Å². The molecule has 0 saturated heterocycles. The van der Waals surface area contributed by atoms with Crippen molar-refractivity contribution in [3.63, 3.8) is 0 Å². The summed E-state index contributed by atoms with van der Waals surface area (Å²) >= 11 is 9.43. The van der Waals surface area contributed by atoms with Gasteiger partial charge in [-0.05, 0) is 22.0 Å². The number of aldehydes is 1. The van der Waals surface area contributed by atoms with Gasteiger partial charge in [0.05, 0.1) is 20.7 Å². The van der Waals surface area contributed by atoms with E-state index >= 15 is 0 Å². The summed E-state index contributed by atoms with van der Waals surface area (Å²) in [6.45, 7) is 0. The molecule has 72 valence electrons. The number of fused-ring (bicyclic) bond motifs is 1. The van der Waals surface area contributed by atoms with Crippen LogP contribution in [-0.4, -0.2) is 10.9 Å². The summed E-state index contributed by atoms with van der Waals surface area (Å²) in [4.78, 5) is 10.8. The Hall–Kier alpha value is -0.800. The van der Waals surface area contributed by atoms with Crippen LogP contribution in [0.3, 0.4) is 0 Å². The second-order valence-corrected chi connectivity index (χ2v) is 4.21. The number of nitrogens with zero attached hydrogens (tertiary/aromatic N) is 1. The van der Waals surface area contributed by atoms with Gasteiger partial charge in [0.2, 0.25) is 0 Å². The lowest BCUT2D eigenvalue weighted by molar-refractivity contribution is 0.111. The van der Waals surface area contributed by atoms with E-state index in [0.29, 0.717) is 10.7 Å². The van der Waals surface area contributed by atoms with Crippen LogP contribution in [0.2, 0.25) is 5.02 Å². The van der Waals surface area contributed by atoms with Crippen molar-refractivity contribution >= 4 is 44.7 Å². The van der Waals surface area contributed by atoms with E-state index in [0.717, 1.165) is 21.7 Å². The topological polar surface area (TPSA) is 22.0 Å². The highest BCUT2D eigenvalue weighted by Gasteiger charge is 2.13. The van der Waals surface area contributed by atoms with Gasteiger partial charge in [-0.1, -0.05) is 23.7 Å². The zero-order chi connectivity index (χ0) is 10.3. The lowest BCUT2D eigenvalue weighted by atomic mass is 10.2. The number of benzene rings is 1. The lowest BCUT2D eigenvalue weighted by Gasteiger charge is -1.98. The predicted octanol–water partition coefficient (Wildman–Crippen LogP) is 3.41.